The van der Waals surface area contributed by atoms with Gasteiger partial charge in [-0.25, -0.2) is 4.79 Å². The summed E-state index contributed by atoms with van der Waals surface area (Å²) in [6.45, 7) is 0.443. The van der Waals surface area contributed by atoms with Crippen molar-refractivity contribution < 1.29 is 9.90 Å². The van der Waals surface area contributed by atoms with E-state index in [1.165, 1.54) is 0 Å². The molecule has 0 aliphatic heterocycles. The first-order valence-electron chi connectivity index (χ1n) is 2.95. The SMILES string of the molecule is CNCc1nnsc1C(=O)O. The number of carboxylic acids is 1. The van der Waals surface area contributed by atoms with Crippen LogP contribution in [0.15, 0.2) is 0 Å². The number of hydrogen-bond donors (Lipinski definition) is 2. The highest BCUT2D eigenvalue weighted by Crippen LogP contribution is 2.09. The van der Waals surface area contributed by atoms with E-state index >= 15 is 0 Å². The second-order valence-corrected chi connectivity index (χ2v) is 2.64. The van der Waals surface area contributed by atoms with Gasteiger partial charge in [0.25, 0.3) is 0 Å². The zero-order valence-corrected chi connectivity index (χ0v) is 6.68. The summed E-state index contributed by atoms with van der Waals surface area (Å²) < 4.78 is 3.53. The minimum absolute atomic E-state index is 0.208. The number of rotatable bonds is 3. The summed E-state index contributed by atoms with van der Waals surface area (Å²) in [6, 6.07) is 0. The average molecular weight is 173 g/mol. The number of nitrogens with one attached hydrogen (secondary N) is 1. The maximum atomic E-state index is 10.5. The van der Waals surface area contributed by atoms with Crippen LogP contribution in [0, 0.1) is 0 Å². The van der Waals surface area contributed by atoms with Gasteiger partial charge in [-0.2, -0.15) is 0 Å². The summed E-state index contributed by atoms with van der Waals surface area (Å²) in [6.07, 6.45) is 0. The number of carboxylic acid groups (broad SMARTS) is 1. The first-order valence-corrected chi connectivity index (χ1v) is 3.72. The van der Waals surface area contributed by atoms with Gasteiger partial charge in [0.1, 0.15) is 5.69 Å². The summed E-state index contributed by atoms with van der Waals surface area (Å²) in [4.78, 5) is 10.7. The Hall–Kier alpha value is -1.01. The lowest BCUT2D eigenvalue weighted by atomic mass is 10.3. The molecule has 0 atom stereocenters. The molecule has 0 aliphatic rings. The molecule has 11 heavy (non-hydrogen) atoms. The number of nitrogens with zero attached hydrogens (tertiary/aromatic N) is 2. The zero-order valence-electron chi connectivity index (χ0n) is 5.87. The van der Waals surface area contributed by atoms with Crippen LogP contribution < -0.4 is 5.32 Å². The molecule has 2 N–H and O–H groups in total. The molecule has 1 rings (SSSR count). The summed E-state index contributed by atoms with van der Waals surface area (Å²) in [5, 5.41) is 15.0. The van der Waals surface area contributed by atoms with Crippen molar-refractivity contribution >= 4 is 17.5 Å². The second-order valence-electron chi connectivity index (χ2n) is 1.88. The van der Waals surface area contributed by atoms with Crippen molar-refractivity contribution in [3.63, 3.8) is 0 Å². The monoisotopic (exact) mass is 173 g/mol. The predicted molar refractivity (Wildman–Crippen MR) is 39.6 cm³/mol. The van der Waals surface area contributed by atoms with E-state index < -0.39 is 5.97 Å². The number of aromatic carboxylic acids is 1. The lowest BCUT2D eigenvalue weighted by Gasteiger charge is -1.92. The Morgan fingerprint density at radius 1 is 1.82 bits per heavy atom. The number of hydrogen-bond acceptors (Lipinski definition) is 5. The molecule has 0 fully saturated rings. The molecule has 0 aromatic carbocycles. The fraction of sp³-hybridized carbons (Fsp3) is 0.400. The van der Waals surface area contributed by atoms with Gasteiger partial charge in [-0.3, -0.25) is 0 Å². The largest absolute Gasteiger partial charge is 0.477 e. The molecule has 0 bridgehead atoms. The molecule has 60 valence electrons. The molecule has 0 unspecified atom stereocenters. The lowest BCUT2D eigenvalue weighted by molar-refractivity contribution is 0.0700. The Kier molecular flexibility index (Phi) is 2.50. The fourth-order valence-electron chi connectivity index (χ4n) is 0.654. The van der Waals surface area contributed by atoms with E-state index in [9.17, 15) is 4.79 Å². The van der Waals surface area contributed by atoms with Gasteiger partial charge in [0.05, 0.1) is 0 Å². The molecular formula is C5H7N3O2S. The maximum Gasteiger partial charge on any atom is 0.349 e. The van der Waals surface area contributed by atoms with Gasteiger partial charge < -0.3 is 10.4 Å². The van der Waals surface area contributed by atoms with Crippen molar-refractivity contribution in [2.75, 3.05) is 7.05 Å². The normalized spacial score (nSPS) is 9.91. The van der Waals surface area contributed by atoms with Gasteiger partial charge in [-0.1, -0.05) is 4.49 Å². The molecule has 5 nitrogen and oxygen atoms in total. The summed E-state index contributed by atoms with van der Waals surface area (Å²) in [5.41, 5.74) is 0.491. The average Bonchev–Trinajstić information content (AvgIpc) is 2.36. The molecule has 0 aliphatic carbocycles. The Balaban J connectivity index is 2.87. The van der Waals surface area contributed by atoms with Gasteiger partial charge >= 0.3 is 5.97 Å². The molecule has 0 amide bonds. The van der Waals surface area contributed by atoms with E-state index in [0.29, 0.717) is 12.2 Å². The van der Waals surface area contributed by atoms with E-state index in [-0.39, 0.29) is 4.88 Å². The standard InChI is InChI=1S/C5H7N3O2S/c1-6-2-3-4(5(9)10)11-8-7-3/h6H,2H2,1H3,(H,9,10). The number of aromatic nitrogens is 2. The van der Waals surface area contributed by atoms with Gasteiger partial charge in [0.15, 0.2) is 4.88 Å². The van der Waals surface area contributed by atoms with Crippen LogP contribution >= 0.6 is 11.5 Å². The van der Waals surface area contributed by atoms with Crippen molar-refractivity contribution in [3.8, 4) is 0 Å². The van der Waals surface area contributed by atoms with Gasteiger partial charge in [0.2, 0.25) is 0 Å². The molecule has 6 heteroatoms. The van der Waals surface area contributed by atoms with Crippen molar-refractivity contribution in [2.45, 2.75) is 6.54 Å². The third-order valence-corrected chi connectivity index (χ3v) is 1.85. The van der Waals surface area contributed by atoms with Crippen LogP contribution in [0.2, 0.25) is 0 Å². The maximum absolute atomic E-state index is 10.5. The molecule has 0 saturated heterocycles. The van der Waals surface area contributed by atoms with E-state index in [1.807, 2.05) is 0 Å². The number of carbonyl (C=O) groups is 1. The minimum Gasteiger partial charge on any atom is -0.477 e. The van der Waals surface area contributed by atoms with Crippen LogP contribution in [0.1, 0.15) is 15.4 Å². The summed E-state index contributed by atoms with van der Waals surface area (Å²) >= 11 is 0.897. The van der Waals surface area contributed by atoms with Crippen molar-refractivity contribution in [2.24, 2.45) is 0 Å². The first-order chi connectivity index (χ1) is 5.25. The topological polar surface area (TPSA) is 75.1 Å². The quantitative estimate of drug-likeness (QED) is 0.670. The van der Waals surface area contributed by atoms with Crippen LogP contribution in [0.25, 0.3) is 0 Å². The minimum atomic E-state index is -0.967. The molecule has 1 aromatic rings. The third-order valence-electron chi connectivity index (χ3n) is 1.09. The third kappa shape index (κ3) is 1.72. The van der Waals surface area contributed by atoms with Crippen molar-refractivity contribution in [3.05, 3.63) is 10.6 Å². The van der Waals surface area contributed by atoms with Crippen LogP contribution in [-0.2, 0) is 6.54 Å². The van der Waals surface area contributed by atoms with E-state index in [4.69, 9.17) is 5.11 Å². The van der Waals surface area contributed by atoms with Gasteiger partial charge in [0, 0.05) is 6.54 Å². The highest BCUT2D eigenvalue weighted by Gasteiger charge is 2.13. The second kappa shape index (κ2) is 3.40. The fourth-order valence-corrected chi connectivity index (χ4v) is 1.17. The Bertz CT molecular complexity index is 260. The molecule has 1 aromatic heterocycles. The van der Waals surface area contributed by atoms with Crippen LogP contribution in [0.3, 0.4) is 0 Å². The van der Waals surface area contributed by atoms with Crippen molar-refractivity contribution in [1.82, 2.24) is 14.9 Å². The van der Waals surface area contributed by atoms with E-state index in [1.54, 1.807) is 7.05 Å². The van der Waals surface area contributed by atoms with Gasteiger partial charge in [-0.05, 0) is 18.6 Å². The molecule has 1 heterocycles. The summed E-state index contributed by atoms with van der Waals surface area (Å²) in [5.74, 6) is -0.967. The summed E-state index contributed by atoms with van der Waals surface area (Å²) in [7, 11) is 1.73. The van der Waals surface area contributed by atoms with Gasteiger partial charge in [-0.15, -0.1) is 5.10 Å². The Morgan fingerprint density at radius 2 is 2.55 bits per heavy atom. The highest BCUT2D eigenvalue weighted by molar-refractivity contribution is 7.07. The Morgan fingerprint density at radius 3 is 3.09 bits per heavy atom. The van der Waals surface area contributed by atoms with Crippen LogP contribution in [-0.4, -0.2) is 27.7 Å². The highest BCUT2D eigenvalue weighted by atomic mass is 32.1. The molecule has 0 saturated carbocycles. The van der Waals surface area contributed by atoms with E-state index in [0.717, 1.165) is 11.5 Å². The Labute approximate surface area is 67.2 Å². The molecule has 0 spiro atoms. The van der Waals surface area contributed by atoms with E-state index in [2.05, 4.69) is 14.9 Å². The van der Waals surface area contributed by atoms with Crippen LogP contribution in [0.4, 0.5) is 0 Å². The molecular weight excluding hydrogens is 166 g/mol. The first kappa shape index (κ1) is 8.09. The predicted octanol–water partition coefficient (Wildman–Crippen LogP) is -0.0443. The smallest absolute Gasteiger partial charge is 0.349 e. The van der Waals surface area contributed by atoms with Crippen LogP contribution in [0.5, 0.6) is 0 Å². The lowest BCUT2D eigenvalue weighted by Crippen LogP contribution is -2.09. The zero-order chi connectivity index (χ0) is 8.27. The van der Waals surface area contributed by atoms with Crippen molar-refractivity contribution in [1.29, 1.82) is 0 Å². The molecule has 0 radical (unpaired) electrons.